The Labute approximate surface area is 92.5 Å². The van der Waals surface area contributed by atoms with E-state index in [1.54, 1.807) is 11.3 Å². The van der Waals surface area contributed by atoms with Crippen LogP contribution >= 0.6 is 11.3 Å². The molecule has 0 unspecified atom stereocenters. The lowest BCUT2D eigenvalue weighted by Gasteiger charge is -1.95. The first-order chi connectivity index (χ1) is 7.40. The van der Waals surface area contributed by atoms with Gasteiger partial charge in [0, 0.05) is 9.58 Å². The van der Waals surface area contributed by atoms with Crippen molar-refractivity contribution in [2.24, 2.45) is 0 Å². The molecule has 0 atom stereocenters. The van der Waals surface area contributed by atoms with Crippen molar-refractivity contribution >= 4 is 27.9 Å². The summed E-state index contributed by atoms with van der Waals surface area (Å²) in [5, 5.41) is 1.29. The normalized spacial score (nSPS) is 10.4. The van der Waals surface area contributed by atoms with E-state index >= 15 is 0 Å². The SMILES string of the molecule is O=[C]OCCCc1cc2ccccc2s1. The molecule has 0 aliphatic carbocycles. The van der Waals surface area contributed by atoms with Crippen LogP contribution in [0.1, 0.15) is 11.3 Å². The van der Waals surface area contributed by atoms with Gasteiger partial charge in [-0.2, -0.15) is 0 Å². The fraction of sp³-hybridized carbons (Fsp3) is 0.250. The molecule has 15 heavy (non-hydrogen) atoms. The second-order valence-corrected chi connectivity index (χ2v) is 4.45. The molecule has 0 fully saturated rings. The van der Waals surface area contributed by atoms with E-state index in [9.17, 15) is 4.79 Å². The van der Waals surface area contributed by atoms with Gasteiger partial charge >= 0.3 is 6.47 Å². The average Bonchev–Trinajstić information content (AvgIpc) is 2.67. The number of aryl methyl sites for hydroxylation is 1. The van der Waals surface area contributed by atoms with Crippen LogP contribution < -0.4 is 0 Å². The van der Waals surface area contributed by atoms with E-state index < -0.39 is 0 Å². The Hall–Kier alpha value is -1.35. The van der Waals surface area contributed by atoms with Gasteiger partial charge in [0.2, 0.25) is 0 Å². The van der Waals surface area contributed by atoms with Gasteiger partial charge in [-0.15, -0.1) is 11.3 Å². The van der Waals surface area contributed by atoms with Crippen molar-refractivity contribution in [3.63, 3.8) is 0 Å². The fourth-order valence-electron chi connectivity index (χ4n) is 1.52. The summed E-state index contributed by atoms with van der Waals surface area (Å²) < 4.78 is 5.84. The van der Waals surface area contributed by atoms with Gasteiger partial charge in [-0.25, -0.2) is 4.79 Å². The predicted molar refractivity (Wildman–Crippen MR) is 61.8 cm³/mol. The molecule has 0 saturated carbocycles. The molecule has 1 heterocycles. The second kappa shape index (κ2) is 4.94. The van der Waals surface area contributed by atoms with Crippen LogP contribution in [0.4, 0.5) is 0 Å². The lowest BCUT2D eigenvalue weighted by molar-refractivity contribution is 0.273. The maximum absolute atomic E-state index is 9.81. The molecule has 0 bridgehead atoms. The Balaban J connectivity index is 1.99. The van der Waals surface area contributed by atoms with Crippen molar-refractivity contribution < 1.29 is 9.53 Å². The summed E-state index contributed by atoms with van der Waals surface area (Å²) in [5.74, 6) is 0. The number of carbonyl (C=O) groups excluding carboxylic acids is 1. The smallest absolute Gasteiger partial charge is 0.417 e. The Morgan fingerprint density at radius 2 is 2.20 bits per heavy atom. The molecule has 1 aromatic heterocycles. The van der Waals surface area contributed by atoms with E-state index in [0.29, 0.717) is 6.61 Å². The number of hydrogen-bond donors (Lipinski definition) is 0. The summed E-state index contributed by atoms with van der Waals surface area (Å²) >= 11 is 1.80. The first kappa shape index (κ1) is 10.2. The van der Waals surface area contributed by atoms with Crippen LogP contribution in [0.3, 0.4) is 0 Å². The molecule has 0 spiro atoms. The van der Waals surface area contributed by atoms with Gasteiger partial charge in [0.25, 0.3) is 0 Å². The Morgan fingerprint density at radius 3 is 3.00 bits per heavy atom. The molecule has 2 aromatic rings. The molecule has 77 valence electrons. The number of ether oxygens (including phenoxy) is 1. The van der Waals surface area contributed by atoms with Crippen LogP contribution in [0.5, 0.6) is 0 Å². The maximum Gasteiger partial charge on any atom is 0.417 e. The summed E-state index contributed by atoms with van der Waals surface area (Å²) in [6, 6.07) is 10.5. The molecule has 1 radical (unpaired) electrons. The summed E-state index contributed by atoms with van der Waals surface area (Å²) in [6.07, 6.45) is 1.82. The molecular weight excluding hydrogens is 208 g/mol. The predicted octanol–water partition coefficient (Wildman–Crippen LogP) is 2.92. The number of thiophene rings is 1. The van der Waals surface area contributed by atoms with Crippen molar-refractivity contribution in [1.82, 2.24) is 0 Å². The van der Waals surface area contributed by atoms with Gasteiger partial charge < -0.3 is 4.74 Å². The topological polar surface area (TPSA) is 26.3 Å². The largest absolute Gasteiger partial charge is 0.457 e. The summed E-state index contributed by atoms with van der Waals surface area (Å²) in [5.41, 5.74) is 0. The first-order valence-corrected chi connectivity index (χ1v) is 5.68. The van der Waals surface area contributed by atoms with Crippen LogP contribution in [-0.2, 0) is 16.0 Å². The van der Waals surface area contributed by atoms with Crippen LogP contribution in [0.25, 0.3) is 10.1 Å². The molecular formula is C12H11O2S. The van der Waals surface area contributed by atoms with Crippen LogP contribution in [0.15, 0.2) is 30.3 Å². The van der Waals surface area contributed by atoms with E-state index in [-0.39, 0.29) is 0 Å². The highest BCUT2D eigenvalue weighted by Crippen LogP contribution is 2.25. The highest BCUT2D eigenvalue weighted by atomic mass is 32.1. The lowest BCUT2D eigenvalue weighted by Crippen LogP contribution is -1.92. The van der Waals surface area contributed by atoms with Crippen molar-refractivity contribution in [2.45, 2.75) is 12.8 Å². The molecule has 0 aliphatic heterocycles. The zero-order valence-corrected chi connectivity index (χ0v) is 9.05. The van der Waals surface area contributed by atoms with Gasteiger partial charge in [0.1, 0.15) is 0 Å². The number of fused-ring (bicyclic) bond motifs is 1. The van der Waals surface area contributed by atoms with E-state index in [1.165, 1.54) is 21.4 Å². The highest BCUT2D eigenvalue weighted by molar-refractivity contribution is 7.19. The number of rotatable bonds is 5. The van der Waals surface area contributed by atoms with Crippen molar-refractivity contribution in [3.8, 4) is 0 Å². The minimum absolute atomic E-state index is 0.456. The molecule has 3 heteroatoms. The molecule has 0 N–H and O–H groups in total. The summed E-state index contributed by atoms with van der Waals surface area (Å²) in [4.78, 5) is 11.2. The van der Waals surface area contributed by atoms with Gasteiger partial charge in [-0.05, 0) is 30.4 Å². The highest BCUT2D eigenvalue weighted by Gasteiger charge is 2.00. The van der Waals surface area contributed by atoms with E-state index in [0.717, 1.165) is 12.8 Å². The minimum atomic E-state index is 0.456. The van der Waals surface area contributed by atoms with Crippen molar-refractivity contribution in [1.29, 1.82) is 0 Å². The van der Waals surface area contributed by atoms with E-state index in [4.69, 9.17) is 0 Å². The maximum atomic E-state index is 9.81. The monoisotopic (exact) mass is 219 g/mol. The molecule has 0 amide bonds. The quantitative estimate of drug-likeness (QED) is 0.723. The molecule has 0 aliphatic rings. The van der Waals surface area contributed by atoms with Gasteiger partial charge in [-0.1, -0.05) is 18.2 Å². The molecule has 1 aromatic carbocycles. The van der Waals surface area contributed by atoms with Crippen molar-refractivity contribution in [3.05, 3.63) is 35.2 Å². The van der Waals surface area contributed by atoms with Gasteiger partial charge in [0.15, 0.2) is 0 Å². The number of benzene rings is 1. The van der Waals surface area contributed by atoms with Crippen LogP contribution in [-0.4, -0.2) is 13.1 Å². The summed E-state index contributed by atoms with van der Waals surface area (Å²) in [7, 11) is 0. The molecule has 2 rings (SSSR count). The first-order valence-electron chi connectivity index (χ1n) is 4.86. The summed E-state index contributed by atoms with van der Waals surface area (Å²) in [6.45, 7) is 1.89. The standard InChI is InChI=1S/C12H11O2S/c13-9-14-7-3-5-11-8-10-4-1-2-6-12(10)15-11/h1-2,4,6,8H,3,5,7H2. The molecule has 2 nitrogen and oxygen atoms in total. The van der Waals surface area contributed by atoms with Gasteiger partial charge in [-0.3, -0.25) is 0 Å². The van der Waals surface area contributed by atoms with Crippen molar-refractivity contribution in [2.75, 3.05) is 6.61 Å². The molecule has 0 saturated heterocycles. The average molecular weight is 219 g/mol. The number of hydrogen-bond acceptors (Lipinski definition) is 3. The van der Waals surface area contributed by atoms with Crippen LogP contribution in [0, 0.1) is 0 Å². The minimum Gasteiger partial charge on any atom is -0.457 e. The third kappa shape index (κ3) is 2.57. The Morgan fingerprint density at radius 1 is 1.33 bits per heavy atom. The second-order valence-electron chi connectivity index (χ2n) is 3.29. The van der Waals surface area contributed by atoms with E-state index in [2.05, 4.69) is 22.9 Å². The fourth-order valence-corrected chi connectivity index (χ4v) is 2.63. The Bertz CT molecular complexity index is 415. The third-order valence-electron chi connectivity index (χ3n) is 2.21. The lowest BCUT2D eigenvalue weighted by atomic mass is 10.2. The zero-order chi connectivity index (χ0) is 10.5. The zero-order valence-electron chi connectivity index (χ0n) is 8.23. The van der Waals surface area contributed by atoms with E-state index in [1.807, 2.05) is 12.1 Å². The third-order valence-corrected chi connectivity index (χ3v) is 3.38. The van der Waals surface area contributed by atoms with Gasteiger partial charge in [0.05, 0.1) is 6.61 Å². The van der Waals surface area contributed by atoms with Crippen LogP contribution in [0.2, 0.25) is 0 Å². The Kier molecular flexibility index (Phi) is 3.35.